The molecule has 0 aromatic heterocycles. The summed E-state index contributed by atoms with van der Waals surface area (Å²) in [5, 5.41) is 11.5. The van der Waals surface area contributed by atoms with Gasteiger partial charge in [-0.3, -0.25) is 14.4 Å². The van der Waals surface area contributed by atoms with E-state index in [4.69, 9.17) is 14.2 Å². The SMILES string of the molecule is CCC[C@@H]1O[C@@H]2C[C@H]3[C@@H]4C[C@H](F)C5=CC(=O)CC[C@]5(C)[C@@]4(F)[C@@H](O)C[C@]3(C)[C@]2(C(=O)CSC2COC(=O)C2)O1. The maximum Gasteiger partial charge on any atom is 0.307 e. The van der Waals surface area contributed by atoms with E-state index >= 15 is 8.78 Å². The van der Waals surface area contributed by atoms with E-state index in [0.29, 0.717) is 12.8 Å². The van der Waals surface area contributed by atoms with E-state index in [1.165, 1.54) is 17.8 Å². The van der Waals surface area contributed by atoms with Crippen molar-refractivity contribution in [3.63, 3.8) is 0 Å². The predicted molar refractivity (Wildman–Crippen MR) is 138 cm³/mol. The van der Waals surface area contributed by atoms with Crippen LogP contribution in [0.2, 0.25) is 0 Å². The fraction of sp³-hybridized carbons (Fsp3) is 0.828. The molecule has 1 unspecified atom stereocenters. The summed E-state index contributed by atoms with van der Waals surface area (Å²) in [5.74, 6) is -1.94. The van der Waals surface area contributed by atoms with Crippen molar-refractivity contribution in [2.75, 3.05) is 12.4 Å². The second kappa shape index (κ2) is 9.33. The zero-order valence-electron chi connectivity index (χ0n) is 22.8. The molecule has 2 saturated heterocycles. The number of ether oxygens (including phenoxy) is 3. The number of carbonyl (C=O) groups excluding carboxylic acids is 3. The number of aliphatic hydroxyl groups excluding tert-OH is 1. The van der Waals surface area contributed by atoms with Gasteiger partial charge in [-0.15, -0.1) is 11.8 Å². The number of allylic oxidation sites excluding steroid dienone is 1. The van der Waals surface area contributed by atoms with Crippen molar-refractivity contribution in [1.82, 2.24) is 0 Å². The van der Waals surface area contributed by atoms with Crippen LogP contribution in [0.1, 0.15) is 72.1 Å². The molecule has 1 N–H and O–H groups in total. The number of fused-ring (bicyclic) bond motifs is 7. The van der Waals surface area contributed by atoms with Gasteiger partial charge in [-0.2, -0.15) is 0 Å². The Kier molecular flexibility index (Phi) is 6.65. The van der Waals surface area contributed by atoms with Gasteiger partial charge in [-0.05, 0) is 49.7 Å². The molecule has 6 aliphatic rings. The second-order valence-corrected chi connectivity index (χ2v) is 14.2. The summed E-state index contributed by atoms with van der Waals surface area (Å²) in [6.07, 6.45) is -0.913. The molecular weight excluding hydrogens is 530 g/mol. The predicted octanol–water partition coefficient (Wildman–Crippen LogP) is 4.04. The van der Waals surface area contributed by atoms with Gasteiger partial charge in [0, 0.05) is 28.4 Å². The standard InChI is InChI=1S/C29H38F2O7S/c1-4-5-25-37-23-11-17-18-10-20(30)19-8-15(32)6-7-26(19,2)28(18,31)21(33)12-27(17,3)29(23,38-25)22(34)14-39-16-9-24(35)36-13-16/h8,16-18,20-21,23,25,33H,4-7,9-14H2,1-3H3/t16?,17-,18-,20-,21-,23+,25+,26-,27-,28-,29+/m0/s1. The highest BCUT2D eigenvalue weighted by atomic mass is 32.2. The molecule has 3 saturated carbocycles. The van der Waals surface area contributed by atoms with Crippen molar-refractivity contribution in [2.45, 2.75) is 113 Å². The van der Waals surface area contributed by atoms with Gasteiger partial charge in [-0.1, -0.05) is 27.2 Å². The van der Waals surface area contributed by atoms with Crippen molar-refractivity contribution < 1.29 is 42.5 Å². The third-order valence-electron chi connectivity index (χ3n) is 11.0. The summed E-state index contributed by atoms with van der Waals surface area (Å²) in [5.41, 5.74) is -5.68. The minimum Gasteiger partial charge on any atom is -0.464 e. The second-order valence-electron chi connectivity index (χ2n) is 12.9. The molecule has 7 nitrogen and oxygen atoms in total. The molecule has 0 aromatic rings. The third kappa shape index (κ3) is 3.66. The average molecular weight is 569 g/mol. The van der Waals surface area contributed by atoms with Gasteiger partial charge < -0.3 is 19.3 Å². The Morgan fingerprint density at radius 2 is 2.00 bits per heavy atom. The zero-order chi connectivity index (χ0) is 28.0. The van der Waals surface area contributed by atoms with Crippen LogP contribution in [0.4, 0.5) is 8.78 Å². The number of carbonyl (C=O) groups is 3. The van der Waals surface area contributed by atoms with Crippen LogP contribution in [-0.2, 0) is 28.6 Å². The fourth-order valence-corrected chi connectivity index (χ4v) is 10.2. The highest BCUT2D eigenvalue weighted by Gasteiger charge is 2.80. The molecule has 6 rings (SSSR count). The molecule has 0 bridgehead atoms. The van der Waals surface area contributed by atoms with E-state index in [1.54, 1.807) is 6.92 Å². The lowest BCUT2D eigenvalue weighted by Gasteiger charge is -2.64. The highest BCUT2D eigenvalue weighted by Crippen LogP contribution is 2.72. The molecule has 0 amide bonds. The van der Waals surface area contributed by atoms with Crippen molar-refractivity contribution in [2.24, 2.45) is 22.7 Å². The largest absolute Gasteiger partial charge is 0.464 e. The Balaban J connectivity index is 1.37. The molecule has 11 atom stereocenters. The number of rotatable bonds is 6. The van der Waals surface area contributed by atoms with Crippen LogP contribution in [0, 0.1) is 22.7 Å². The molecule has 2 heterocycles. The number of alkyl halides is 2. The van der Waals surface area contributed by atoms with E-state index in [1.807, 2.05) is 13.8 Å². The van der Waals surface area contributed by atoms with Gasteiger partial charge in [0.1, 0.15) is 18.4 Å². The van der Waals surface area contributed by atoms with Crippen molar-refractivity contribution in [1.29, 1.82) is 0 Å². The van der Waals surface area contributed by atoms with Gasteiger partial charge in [0.05, 0.1) is 24.4 Å². The first-order valence-electron chi connectivity index (χ1n) is 14.3. The third-order valence-corrected chi connectivity index (χ3v) is 12.2. The van der Waals surface area contributed by atoms with Crippen molar-refractivity contribution >= 4 is 29.3 Å². The molecular formula is C29H38F2O7S. The molecule has 2 aliphatic heterocycles. The van der Waals surface area contributed by atoms with Gasteiger partial charge in [0.2, 0.25) is 0 Å². The Morgan fingerprint density at radius 1 is 1.23 bits per heavy atom. The summed E-state index contributed by atoms with van der Waals surface area (Å²) < 4.78 is 51.3. The first-order chi connectivity index (χ1) is 18.4. The number of thioether (sulfide) groups is 1. The smallest absolute Gasteiger partial charge is 0.307 e. The summed E-state index contributed by atoms with van der Waals surface area (Å²) >= 11 is 1.35. The van der Waals surface area contributed by atoms with Crippen LogP contribution < -0.4 is 0 Å². The number of ketones is 2. The molecule has 216 valence electrons. The highest BCUT2D eigenvalue weighted by molar-refractivity contribution is 8.00. The lowest BCUT2D eigenvalue weighted by molar-refractivity contribution is -0.241. The van der Waals surface area contributed by atoms with Gasteiger partial charge in [-0.25, -0.2) is 8.78 Å². The van der Waals surface area contributed by atoms with Crippen LogP contribution in [0.3, 0.4) is 0 Å². The maximum absolute atomic E-state index is 17.5. The molecule has 0 aromatic carbocycles. The maximum atomic E-state index is 17.5. The molecule has 0 radical (unpaired) electrons. The first kappa shape index (κ1) is 27.8. The van der Waals surface area contributed by atoms with Crippen molar-refractivity contribution in [3.8, 4) is 0 Å². The normalized spacial score (nSPS) is 50.5. The lowest BCUT2D eigenvalue weighted by atomic mass is 9.43. The van der Waals surface area contributed by atoms with E-state index < -0.39 is 58.6 Å². The van der Waals surface area contributed by atoms with Gasteiger partial charge in [0.25, 0.3) is 0 Å². The van der Waals surface area contributed by atoms with Gasteiger partial charge in [0.15, 0.2) is 23.5 Å². The van der Waals surface area contributed by atoms with Crippen LogP contribution in [0.25, 0.3) is 0 Å². The lowest BCUT2D eigenvalue weighted by Crippen LogP contribution is -2.71. The van der Waals surface area contributed by atoms with E-state index in [-0.39, 0.29) is 72.8 Å². The number of hydrogen-bond acceptors (Lipinski definition) is 8. The number of halogens is 2. The van der Waals surface area contributed by atoms with E-state index in [2.05, 4.69) is 0 Å². The van der Waals surface area contributed by atoms with Crippen LogP contribution in [0.5, 0.6) is 0 Å². The number of esters is 1. The minimum atomic E-state index is -2.14. The first-order valence-corrected chi connectivity index (χ1v) is 15.3. The number of hydrogen-bond donors (Lipinski definition) is 1. The Morgan fingerprint density at radius 3 is 2.69 bits per heavy atom. The fourth-order valence-electron chi connectivity index (χ4n) is 9.14. The van der Waals surface area contributed by atoms with Crippen LogP contribution >= 0.6 is 11.8 Å². The average Bonchev–Trinajstić information content (AvgIpc) is 3.53. The quantitative estimate of drug-likeness (QED) is 0.480. The monoisotopic (exact) mass is 568 g/mol. The minimum absolute atomic E-state index is 0.0292. The summed E-state index contributed by atoms with van der Waals surface area (Å²) in [6.45, 7) is 5.79. The summed E-state index contributed by atoms with van der Waals surface area (Å²) in [7, 11) is 0. The van der Waals surface area contributed by atoms with Crippen LogP contribution in [0.15, 0.2) is 11.6 Å². The molecule has 0 spiro atoms. The molecule has 39 heavy (non-hydrogen) atoms. The van der Waals surface area contributed by atoms with Gasteiger partial charge >= 0.3 is 5.97 Å². The summed E-state index contributed by atoms with van der Waals surface area (Å²) in [6, 6.07) is 0. The Labute approximate surface area is 231 Å². The van der Waals surface area contributed by atoms with Crippen LogP contribution in [-0.4, -0.2) is 76.2 Å². The topological polar surface area (TPSA) is 99.1 Å². The summed E-state index contributed by atoms with van der Waals surface area (Å²) in [4.78, 5) is 37.9. The molecule has 10 heteroatoms. The molecule has 4 aliphatic carbocycles. The zero-order valence-corrected chi connectivity index (χ0v) is 23.6. The number of Topliss-reactive ketones (excluding diaryl/α,β-unsaturated/α-hetero) is 1. The van der Waals surface area contributed by atoms with E-state index in [9.17, 15) is 19.5 Å². The molecule has 5 fully saturated rings. The number of aliphatic hydroxyl groups is 1. The van der Waals surface area contributed by atoms with E-state index in [0.717, 1.165) is 6.42 Å². The number of cyclic esters (lactones) is 1. The van der Waals surface area contributed by atoms with Crippen molar-refractivity contribution in [3.05, 3.63) is 11.6 Å². The Hall–Kier alpha value is -1.36. The Bertz CT molecular complexity index is 1120.